The number of carbonyl (C=O) groups excluding carboxylic acids is 1. The van der Waals surface area contributed by atoms with E-state index in [1.54, 1.807) is 12.1 Å². The van der Waals surface area contributed by atoms with Crippen LogP contribution < -0.4 is 11.1 Å². The first kappa shape index (κ1) is 10.4. The summed E-state index contributed by atoms with van der Waals surface area (Å²) >= 11 is 0. The standard InChI is InChI=1S/C9H12FN3O/c10-7-3-1-5-9(13-7)12-6-2-4-8(11)14/h1,3,5H,2,4,6H2,(H2,11,14)(H,12,13). The Morgan fingerprint density at radius 3 is 3.00 bits per heavy atom. The maximum atomic E-state index is 12.6. The Hall–Kier alpha value is -1.65. The van der Waals surface area contributed by atoms with E-state index in [1.807, 2.05) is 0 Å². The van der Waals surface area contributed by atoms with Crippen molar-refractivity contribution in [3.63, 3.8) is 0 Å². The number of hydrogen-bond acceptors (Lipinski definition) is 3. The molecule has 4 nitrogen and oxygen atoms in total. The van der Waals surface area contributed by atoms with Crippen molar-refractivity contribution in [3.8, 4) is 0 Å². The quantitative estimate of drug-likeness (QED) is 0.544. The van der Waals surface area contributed by atoms with Gasteiger partial charge in [0, 0.05) is 13.0 Å². The molecule has 0 bridgehead atoms. The van der Waals surface area contributed by atoms with Gasteiger partial charge in [0.05, 0.1) is 0 Å². The van der Waals surface area contributed by atoms with Crippen molar-refractivity contribution in [1.29, 1.82) is 0 Å². The summed E-state index contributed by atoms with van der Waals surface area (Å²) in [4.78, 5) is 14.0. The van der Waals surface area contributed by atoms with Gasteiger partial charge in [-0.2, -0.15) is 4.39 Å². The van der Waals surface area contributed by atoms with Gasteiger partial charge in [-0.05, 0) is 18.6 Å². The van der Waals surface area contributed by atoms with Crippen LogP contribution in [-0.4, -0.2) is 17.4 Å². The van der Waals surface area contributed by atoms with E-state index in [4.69, 9.17) is 5.73 Å². The molecule has 1 amide bonds. The molecule has 0 atom stereocenters. The second-order valence-corrected chi connectivity index (χ2v) is 2.84. The van der Waals surface area contributed by atoms with Gasteiger partial charge in [-0.15, -0.1) is 0 Å². The average molecular weight is 197 g/mol. The monoisotopic (exact) mass is 197 g/mol. The molecule has 0 saturated heterocycles. The molecule has 3 N–H and O–H groups in total. The van der Waals surface area contributed by atoms with Crippen LogP contribution in [0, 0.1) is 5.95 Å². The van der Waals surface area contributed by atoms with Crippen molar-refractivity contribution in [1.82, 2.24) is 4.98 Å². The molecule has 1 rings (SSSR count). The number of hydrogen-bond donors (Lipinski definition) is 2. The Kier molecular flexibility index (Phi) is 3.84. The van der Waals surface area contributed by atoms with Gasteiger partial charge in [0.25, 0.3) is 0 Å². The Balaban J connectivity index is 2.28. The molecular formula is C9H12FN3O. The molecule has 0 aliphatic rings. The van der Waals surface area contributed by atoms with E-state index in [0.29, 0.717) is 25.2 Å². The third-order valence-corrected chi connectivity index (χ3v) is 1.62. The van der Waals surface area contributed by atoms with Crippen molar-refractivity contribution in [2.45, 2.75) is 12.8 Å². The highest BCUT2D eigenvalue weighted by atomic mass is 19.1. The van der Waals surface area contributed by atoms with Gasteiger partial charge in [0.2, 0.25) is 11.9 Å². The Morgan fingerprint density at radius 1 is 1.57 bits per heavy atom. The molecule has 0 fully saturated rings. The first-order valence-electron chi connectivity index (χ1n) is 4.33. The highest BCUT2D eigenvalue weighted by molar-refractivity contribution is 5.73. The van der Waals surface area contributed by atoms with Gasteiger partial charge in [0.1, 0.15) is 5.82 Å². The number of carbonyl (C=O) groups is 1. The topological polar surface area (TPSA) is 68.0 Å². The minimum Gasteiger partial charge on any atom is -0.370 e. The van der Waals surface area contributed by atoms with Gasteiger partial charge in [-0.25, -0.2) is 4.98 Å². The number of rotatable bonds is 5. The summed E-state index contributed by atoms with van der Waals surface area (Å²) in [6.07, 6.45) is 0.940. The van der Waals surface area contributed by atoms with E-state index in [9.17, 15) is 9.18 Å². The van der Waals surface area contributed by atoms with Crippen LogP contribution in [0.5, 0.6) is 0 Å². The van der Waals surface area contributed by atoms with Gasteiger partial charge < -0.3 is 11.1 Å². The number of nitrogens with two attached hydrogens (primary N) is 1. The smallest absolute Gasteiger partial charge is 0.217 e. The molecule has 0 aliphatic carbocycles. The summed E-state index contributed by atoms with van der Waals surface area (Å²) in [6, 6.07) is 4.50. The summed E-state index contributed by atoms with van der Waals surface area (Å²) in [6.45, 7) is 0.555. The van der Waals surface area contributed by atoms with Crippen molar-refractivity contribution in [3.05, 3.63) is 24.1 Å². The fourth-order valence-electron chi connectivity index (χ4n) is 0.986. The summed E-state index contributed by atoms with van der Waals surface area (Å²) in [5, 5.41) is 2.88. The molecule has 0 saturated carbocycles. The number of pyridine rings is 1. The number of amides is 1. The summed E-state index contributed by atoms with van der Waals surface area (Å²) in [7, 11) is 0. The molecule has 1 aromatic rings. The highest BCUT2D eigenvalue weighted by Crippen LogP contribution is 2.03. The van der Waals surface area contributed by atoms with Crippen LogP contribution in [0.15, 0.2) is 18.2 Å². The van der Waals surface area contributed by atoms with E-state index >= 15 is 0 Å². The van der Waals surface area contributed by atoms with Crippen LogP contribution >= 0.6 is 0 Å². The lowest BCUT2D eigenvalue weighted by Crippen LogP contribution is -2.13. The van der Waals surface area contributed by atoms with Crippen molar-refractivity contribution >= 4 is 11.7 Å². The summed E-state index contributed by atoms with van der Waals surface area (Å²) in [5.41, 5.74) is 4.95. The zero-order valence-corrected chi connectivity index (χ0v) is 7.66. The van der Waals surface area contributed by atoms with Crippen LogP contribution in [0.2, 0.25) is 0 Å². The van der Waals surface area contributed by atoms with Crippen LogP contribution in [-0.2, 0) is 4.79 Å². The third kappa shape index (κ3) is 3.84. The lowest BCUT2D eigenvalue weighted by molar-refractivity contribution is -0.118. The number of primary amides is 1. The largest absolute Gasteiger partial charge is 0.370 e. The number of anilines is 1. The molecule has 0 radical (unpaired) electrons. The second-order valence-electron chi connectivity index (χ2n) is 2.84. The normalized spacial score (nSPS) is 9.79. The van der Waals surface area contributed by atoms with Gasteiger partial charge in [0.15, 0.2) is 0 Å². The molecule has 1 aromatic heterocycles. The fourth-order valence-corrected chi connectivity index (χ4v) is 0.986. The molecule has 0 aliphatic heterocycles. The van der Waals surface area contributed by atoms with E-state index < -0.39 is 5.95 Å². The molecule has 5 heteroatoms. The molecule has 1 heterocycles. The molecule has 0 aromatic carbocycles. The highest BCUT2D eigenvalue weighted by Gasteiger charge is 1.96. The van der Waals surface area contributed by atoms with Crippen LogP contribution in [0.3, 0.4) is 0 Å². The van der Waals surface area contributed by atoms with Crippen molar-refractivity contribution < 1.29 is 9.18 Å². The minimum atomic E-state index is -0.523. The molecule has 0 spiro atoms. The first-order valence-corrected chi connectivity index (χ1v) is 4.33. The zero-order chi connectivity index (χ0) is 10.4. The maximum Gasteiger partial charge on any atom is 0.217 e. The van der Waals surface area contributed by atoms with Crippen molar-refractivity contribution in [2.75, 3.05) is 11.9 Å². The summed E-state index contributed by atoms with van der Waals surface area (Å²) < 4.78 is 12.6. The number of nitrogens with zero attached hydrogens (tertiary/aromatic N) is 1. The lowest BCUT2D eigenvalue weighted by Gasteiger charge is -2.03. The molecule has 14 heavy (non-hydrogen) atoms. The Morgan fingerprint density at radius 2 is 2.36 bits per heavy atom. The second kappa shape index (κ2) is 5.16. The minimum absolute atomic E-state index is 0.322. The van der Waals surface area contributed by atoms with Crippen LogP contribution in [0.4, 0.5) is 10.2 Å². The number of nitrogens with one attached hydrogen (secondary N) is 1. The van der Waals surface area contributed by atoms with E-state index in [2.05, 4.69) is 10.3 Å². The zero-order valence-electron chi connectivity index (χ0n) is 7.66. The van der Waals surface area contributed by atoms with Crippen LogP contribution in [0.1, 0.15) is 12.8 Å². The molecule has 76 valence electrons. The van der Waals surface area contributed by atoms with E-state index in [-0.39, 0.29) is 5.91 Å². The predicted octanol–water partition coefficient (Wildman–Crippen LogP) is 0.898. The van der Waals surface area contributed by atoms with Gasteiger partial charge in [-0.1, -0.05) is 6.07 Å². The molecule has 0 unspecified atom stereocenters. The van der Waals surface area contributed by atoms with E-state index in [1.165, 1.54) is 6.07 Å². The van der Waals surface area contributed by atoms with Crippen LogP contribution in [0.25, 0.3) is 0 Å². The fraction of sp³-hybridized carbons (Fsp3) is 0.333. The van der Waals surface area contributed by atoms with Gasteiger partial charge >= 0.3 is 0 Å². The first-order chi connectivity index (χ1) is 6.68. The predicted molar refractivity (Wildman–Crippen MR) is 51.1 cm³/mol. The molecular weight excluding hydrogens is 185 g/mol. The number of aromatic nitrogens is 1. The van der Waals surface area contributed by atoms with Gasteiger partial charge in [-0.3, -0.25) is 4.79 Å². The lowest BCUT2D eigenvalue weighted by atomic mass is 10.3. The number of halogens is 1. The SMILES string of the molecule is NC(=O)CCCNc1cccc(F)n1. The third-order valence-electron chi connectivity index (χ3n) is 1.62. The average Bonchev–Trinajstić information content (AvgIpc) is 2.12. The van der Waals surface area contributed by atoms with E-state index in [0.717, 1.165) is 0 Å². The summed E-state index contributed by atoms with van der Waals surface area (Å²) in [5.74, 6) is -0.390. The maximum absolute atomic E-state index is 12.6. The Bertz CT molecular complexity index is 317. The Labute approximate surface area is 81.3 Å². The van der Waals surface area contributed by atoms with Crippen molar-refractivity contribution in [2.24, 2.45) is 5.73 Å².